The molecule has 0 bridgehead atoms. The molecule has 0 atom stereocenters. The first-order chi connectivity index (χ1) is 11.7. The molecule has 6 nitrogen and oxygen atoms in total. The van der Waals surface area contributed by atoms with Crippen LogP contribution in [0.2, 0.25) is 0 Å². The average Bonchev–Trinajstić information content (AvgIpc) is 2.55. The van der Waals surface area contributed by atoms with Crippen LogP contribution in [0.5, 0.6) is 0 Å². The number of hydrogen-bond acceptors (Lipinski definition) is 3. The van der Waals surface area contributed by atoms with Gasteiger partial charge in [0.2, 0.25) is 0 Å². The van der Waals surface area contributed by atoms with Crippen molar-refractivity contribution in [1.29, 1.82) is 0 Å². The number of fused-ring (bicyclic) bond motifs is 1. The Kier molecular flexibility index (Phi) is 4.04. The molecule has 1 aromatic heterocycles. The Balaban J connectivity index is 1.85. The minimum absolute atomic E-state index is 0.0239. The first-order valence-corrected chi connectivity index (χ1v) is 7.92. The Morgan fingerprint density at radius 3 is 2.08 bits per heavy atom. The monoisotopic (exact) mass is 337 g/mol. The van der Waals surface area contributed by atoms with Crippen LogP contribution in [0.4, 0.5) is 5.69 Å². The summed E-state index contributed by atoms with van der Waals surface area (Å²) in [7, 11) is 0. The van der Waals surface area contributed by atoms with E-state index >= 15 is 0 Å². The van der Waals surface area contributed by atoms with Crippen LogP contribution >= 0.6 is 0 Å². The molecule has 0 saturated carbocycles. The molecule has 2 aromatic carbocycles. The molecule has 0 radical (unpaired) electrons. The number of aromatic nitrogens is 2. The molecule has 0 saturated heterocycles. The molecule has 3 N–H and O–H groups in total. The Bertz CT molecular complexity index is 1050. The Labute approximate surface area is 143 Å². The predicted octanol–water partition coefficient (Wildman–Crippen LogP) is 2.77. The Morgan fingerprint density at radius 1 is 0.880 bits per heavy atom. The van der Waals surface area contributed by atoms with E-state index in [2.05, 4.69) is 36.1 Å². The van der Waals surface area contributed by atoms with Gasteiger partial charge in [-0.15, -0.1) is 0 Å². The molecule has 6 heteroatoms. The maximum absolute atomic E-state index is 12.4. The Hall–Kier alpha value is -3.15. The number of carbonyl (C=O) groups excluding carboxylic acids is 1. The van der Waals surface area contributed by atoms with E-state index in [4.69, 9.17) is 0 Å². The van der Waals surface area contributed by atoms with E-state index in [0.29, 0.717) is 22.3 Å². The molecule has 1 heterocycles. The highest BCUT2D eigenvalue weighted by Crippen LogP contribution is 2.22. The Morgan fingerprint density at radius 2 is 1.48 bits per heavy atom. The van der Waals surface area contributed by atoms with E-state index < -0.39 is 11.1 Å². The van der Waals surface area contributed by atoms with Crippen molar-refractivity contribution in [2.24, 2.45) is 0 Å². The molecule has 1 amide bonds. The molecule has 25 heavy (non-hydrogen) atoms. The summed E-state index contributed by atoms with van der Waals surface area (Å²) >= 11 is 0. The lowest BCUT2D eigenvalue weighted by atomic mass is 9.87. The summed E-state index contributed by atoms with van der Waals surface area (Å²) in [4.78, 5) is 40.1. The summed E-state index contributed by atoms with van der Waals surface area (Å²) in [5, 5.41) is 2.79. The third-order valence-corrected chi connectivity index (χ3v) is 3.99. The number of amides is 1. The fourth-order valence-corrected chi connectivity index (χ4v) is 2.52. The zero-order valence-electron chi connectivity index (χ0n) is 14.3. The standard InChI is InChI=1S/C19H19N3O3/c1-19(2,3)12-6-4-11(5-7-12)16(23)20-13-8-9-14-15(10-13)22-18(25)17(24)21-14/h4-10H,1-3H3,(H,20,23)(H,21,24)(H,22,25). The van der Waals surface area contributed by atoms with Crippen molar-refractivity contribution in [3.63, 3.8) is 0 Å². The summed E-state index contributed by atoms with van der Waals surface area (Å²) in [6, 6.07) is 12.4. The van der Waals surface area contributed by atoms with Crippen molar-refractivity contribution in [2.45, 2.75) is 26.2 Å². The second kappa shape index (κ2) is 6.05. The zero-order valence-corrected chi connectivity index (χ0v) is 14.3. The molecule has 3 rings (SSSR count). The van der Waals surface area contributed by atoms with Gasteiger partial charge in [0.1, 0.15) is 0 Å². The van der Waals surface area contributed by atoms with Crippen LogP contribution in [0.25, 0.3) is 11.0 Å². The number of aromatic amines is 2. The van der Waals surface area contributed by atoms with E-state index in [0.717, 1.165) is 5.56 Å². The number of benzene rings is 2. The summed E-state index contributed by atoms with van der Waals surface area (Å²) < 4.78 is 0. The number of carbonyl (C=O) groups is 1. The highest BCUT2D eigenvalue weighted by Gasteiger charge is 2.14. The van der Waals surface area contributed by atoms with Gasteiger partial charge in [-0.2, -0.15) is 0 Å². The average molecular weight is 337 g/mol. The van der Waals surface area contributed by atoms with Crippen molar-refractivity contribution in [3.05, 3.63) is 74.3 Å². The van der Waals surface area contributed by atoms with Gasteiger partial charge in [0, 0.05) is 11.3 Å². The van der Waals surface area contributed by atoms with Gasteiger partial charge in [-0.25, -0.2) is 0 Å². The molecule has 128 valence electrons. The minimum Gasteiger partial charge on any atom is -0.322 e. The van der Waals surface area contributed by atoms with Crippen LogP contribution in [-0.2, 0) is 5.41 Å². The highest BCUT2D eigenvalue weighted by atomic mass is 16.2. The summed E-state index contributed by atoms with van der Waals surface area (Å²) in [5.74, 6) is -0.244. The van der Waals surface area contributed by atoms with Gasteiger partial charge in [0.15, 0.2) is 0 Å². The largest absolute Gasteiger partial charge is 0.322 e. The van der Waals surface area contributed by atoms with Crippen molar-refractivity contribution >= 4 is 22.6 Å². The topological polar surface area (TPSA) is 94.8 Å². The van der Waals surface area contributed by atoms with Crippen LogP contribution in [0.3, 0.4) is 0 Å². The predicted molar refractivity (Wildman–Crippen MR) is 98.3 cm³/mol. The van der Waals surface area contributed by atoms with Crippen molar-refractivity contribution < 1.29 is 4.79 Å². The van der Waals surface area contributed by atoms with E-state index in [9.17, 15) is 14.4 Å². The maximum atomic E-state index is 12.4. The molecule has 0 aliphatic heterocycles. The summed E-state index contributed by atoms with van der Waals surface area (Å²) in [5.41, 5.74) is 1.76. The van der Waals surface area contributed by atoms with Gasteiger partial charge in [-0.1, -0.05) is 32.9 Å². The van der Waals surface area contributed by atoms with Crippen molar-refractivity contribution in [3.8, 4) is 0 Å². The lowest BCUT2D eigenvalue weighted by Crippen LogP contribution is -2.28. The first kappa shape index (κ1) is 16.7. The SMILES string of the molecule is CC(C)(C)c1ccc(C(=O)Nc2ccc3[nH]c(=O)c(=O)[nH]c3c2)cc1. The van der Waals surface area contributed by atoms with Crippen LogP contribution < -0.4 is 16.4 Å². The van der Waals surface area contributed by atoms with Gasteiger partial charge >= 0.3 is 11.1 Å². The number of hydrogen-bond donors (Lipinski definition) is 3. The van der Waals surface area contributed by atoms with Gasteiger partial charge in [-0.05, 0) is 41.3 Å². The molecule has 0 unspecified atom stereocenters. The smallest absolute Gasteiger partial charge is 0.314 e. The van der Waals surface area contributed by atoms with E-state index in [1.165, 1.54) is 0 Å². The normalized spacial score (nSPS) is 11.5. The fraction of sp³-hybridized carbons (Fsp3) is 0.211. The molecular weight excluding hydrogens is 318 g/mol. The zero-order chi connectivity index (χ0) is 18.2. The number of nitrogens with one attached hydrogen (secondary N) is 3. The second-order valence-corrected chi connectivity index (χ2v) is 6.95. The van der Waals surface area contributed by atoms with E-state index in [1.807, 2.05) is 12.1 Å². The summed E-state index contributed by atoms with van der Waals surface area (Å²) in [6.07, 6.45) is 0. The van der Waals surface area contributed by atoms with Gasteiger partial charge < -0.3 is 15.3 Å². The van der Waals surface area contributed by atoms with Gasteiger partial charge in [-0.3, -0.25) is 14.4 Å². The van der Waals surface area contributed by atoms with E-state index in [1.54, 1.807) is 30.3 Å². The third kappa shape index (κ3) is 3.52. The molecule has 0 spiro atoms. The quantitative estimate of drug-likeness (QED) is 0.628. The van der Waals surface area contributed by atoms with Crippen molar-refractivity contribution in [2.75, 3.05) is 5.32 Å². The highest BCUT2D eigenvalue weighted by molar-refractivity contribution is 6.04. The first-order valence-electron chi connectivity index (χ1n) is 7.92. The maximum Gasteiger partial charge on any atom is 0.314 e. The molecule has 3 aromatic rings. The van der Waals surface area contributed by atoms with Crippen LogP contribution in [-0.4, -0.2) is 15.9 Å². The van der Waals surface area contributed by atoms with Gasteiger partial charge in [0.25, 0.3) is 5.91 Å². The number of H-pyrrole nitrogens is 2. The van der Waals surface area contributed by atoms with Crippen LogP contribution in [0.15, 0.2) is 52.1 Å². The number of anilines is 1. The second-order valence-electron chi connectivity index (χ2n) is 6.95. The molecule has 0 aliphatic rings. The minimum atomic E-state index is -0.728. The fourth-order valence-electron chi connectivity index (χ4n) is 2.52. The summed E-state index contributed by atoms with van der Waals surface area (Å²) in [6.45, 7) is 6.34. The van der Waals surface area contributed by atoms with Crippen LogP contribution in [0.1, 0.15) is 36.7 Å². The molecule has 0 aliphatic carbocycles. The lowest BCUT2D eigenvalue weighted by Gasteiger charge is -2.19. The third-order valence-electron chi connectivity index (χ3n) is 3.99. The number of rotatable bonds is 2. The molecule has 0 fully saturated rings. The van der Waals surface area contributed by atoms with Crippen LogP contribution in [0, 0.1) is 0 Å². The lowest BCUT2D eigenvalue weighted by molar-refractivity contribution is 0.102. The van der Waals surface area contributed by atoms with E-state index in [-0.39, 0.29) is 11.3 Å². The molecular formula is C19H19N3O3. The van der Waals surface area contributed by atoms with Crippen molar-refractivity contribution in [1.82, 2.24) is 9.97 Å². The van der Waals surface area contributed by atoms with Gasteiger partial charge in [0.05, 0.1) is 11.0 Å².